The Balaban J connectivity index is 2.15. The Hall–Kier alpha value is -0.910. The van der Waals surface area contributed by atoms with Gasteiger partial charge in [-0.05, 0) is 37.5 Å². The number of hydrogen-bond acceptors (Lipinski definition) is 3. The molecule has 1 aliphatic rings. The van der Waals surface area contributed by atoms with Crippen LogP contribution in [0.25, 0.3) is 0 Å². The molecule has 1 unspecified atom stereocenters. The molecule has 0 amide bonds. The fraction of sp³-hybridized carbons (Fsp3) is 0.500. The van der Waals surface area contributed by atoms with Gasteiger partial charge >= 0.3 is 0 Å². The summed E-state index contributed by atoms with van der Waals surface area (Å²) < 4.78 is 26.6. The highest BCUT2D eigenvalue weighted by molar-refractivity contribution is 7.89. The molecule has 1 fully saturated rings. The quantitative estimate of drug-likeness (QED) is 0.858. The molecule has 1 aromatic carbocycles. The predicted octanol–water partition coefficient (Wildman–Crippen LogP) is 1.57. The molecule has 17 heavy (non-hydrogen) atoms. The van der Waals surface area contributed by atoms with E-state index in [0.717, 1.165) is 19.3 Å². The van der Waals surface area contributed by atoms with Crippen molar-refractivity contribution in [1.29, 1.82) is 0 Å². The van der Waals surface area contributed by atoms with E-state index in [1.165, 1.54) is 12.1 Å². The number of hydrogen-bond donors (Lipinski definition) is 2. The first-order valence-corrected chi connectivity index (χ1v) is 7.28. The summed E-state index contributed by atoms with van der Waals surface area (Å²) in [5.74, 6) is 0. The highest BCUT2D eigenvalue weighted by atomic mass is 32.2. The molecule has 0 radical (unpaired) electrons. The lowest BCUT2D eigenvalue weighted by molar-refractivity contribution is 0.199. The molecule has 4 nitrogen and oxygen atoms in total. The Bertz CT molecular complexity index is 475. The second-order valence-electron chi connectivity index (χ2n) is 4.49. The van der Waals surface area contributed by atoms with Crippen LogP contribution in [0.4, 0.5) is 0 Å². The summed E-state index contributed by atoms with van der Waals surface area (Å²) in [5, 5.41) is 9.34. The summed E-state index contributed by atoms with van der Waals surface area (Å²) in [5.41, 5.74) is 0.715. The fourth-order valence-electron chi connectivity index (χ4n) is 1.74. The summed E-state index contributed by atoms with van der Waals surface area (Å²) >= 11 is 0. The van der Waals surface area contributed by atoms with Gasteiger partial charge in [-0.25, -0.2) is 13.1 Å². The monoisotopic (exact) mass is 255 g/mol. The van der Waals surface area contributed by atoms with Gasteiger partial charge in [0, 0.05) is 6.04 Å². The van der Waals surface area contributed by atoms with Crippen LogP contribution in [0.3, 0.4) is 0 Å². The van der Waals surface area contributed by atoms with Gasteiger partial charge in [0.05, 0.1) is 11.0 Å². The van der Waals surface area contributed by atoms with Crippen LogP contribution < -0.4 is 4.72 Å². The predicted molar refractivity (Wildman–Crippen MR) is 65.0 cm³/mol. The third-order valence-corrected chi connectivity index (χ3v) is 4.64. The number of aliphatic hydroxyl groups is 1. The topological polar surface area (TPSA) is 66.4 Å². The molecule has 1 aliphatic carbocycles. The van der Waals surface area contributed by atoms with Crippen molar-refractivity contribution in [3.63, 3.8) is 0 Å². The summed E-state index contributed by atoms with van der Waals surface area (Å²) in [6.45, 7) is 1.65. The van der Waals surface area contributed by atoms with Gasteiger partial charge in [-0.3, -0.25) is 0 Å². The number of nitrogens with one attached hydrogen (secondary N) is 1. The number of aliphatic hydroxyl groups excluding tert-OH is 1. The lowest BCUT2D eigenvalue weighted by Crippen LogP contribution is -2.39. The highest BCUT2D eigenvalue weighted by Gasteiger charge is 2.24. The number of rotatable bonds is 4. The fourth-order valence-corrected chi connectivity index (χ4v) is 3.04. The molecule has 5 heteroatoms. The molecule has 1 atom stereocenters. The molecule has 0 saturated heterocycles. The molecule has 0 bridgehead atoms. The third kappa shape index (κ3) is 2.86. The Labute approximate surface area is 102 Å². The molecule has 0 heterocycles. The maximum Gasteiger partial charge on any atom is 0.240 e. The minimum atomic E-state index is -3.39. The second kappa shape index (κ2) is 4.76. The minimum absolute atomic E-state index is 0.0939. The first kappa shape index (κ1) is 12.5. The van der Waals surface area contributed by atoms with E-state index in [1.807, 2.05) is 0 Å². The molecule has 1 saturated carbocycles. The van der Waals surface area contributed by atoms with Gasteiger partial charge in [0.25, 0.3) is 0 Å². The van der Waals surface area contributed by atoms with Crippen LogP contribution in [0.5, 0.6) is 0 Å². The Morgan fingerprint density at radius 3 is 2.29 bits per heavy atom. The van der Waals surface area contributed by atoms with Gasteiger partial charge in [0.2, 0.25) is 10.0 Å². The van der Waals surface area contributed by atoms with E-state index >= 15 is 0 Å². The van der Waals surface area contributed by atoms with Gasteiger partial charge < -0.3 is 5.11 Å². The van der Waals surface area contributed by atoms with Crippen LogP contribution >= 0.6 is 0 Å². The molecular weight excluding hydrogens is 238 g/mol. The second-order valence-corrected chi connectivity index (χ2v) is 6.21. The summed E-state index contributed by atoms with van der Waals surface area (Å²) in [4.78, 5) is 0.258. The highest BCUT2D eigenvalue weighted by Crippen LogP contribution is 2.22. The van der Waals surface area contributed by atoms with Crippen LogP contribution in [-0.4, -0.2) is 19.6 Å². The molecule has 2 N–H and O–H groups in total. The molecule has 0 aliphatic heterocycles. The van der Waals surface area contributed by atoms with E-state index in [9.17, 15) is 13.5 Å². The van der Waals surface area contributed by atoms with Crippen LogP contribution in [0.15, 0.2) is 29.2 Å². The maximum atomic E-state index is 11.9. The zero-order valence-electron chi connectivity index (χ0n) is 9.76. The standard InChI is InChI=1S/C12H17NO3S/c1-9(14)10-5-7-12(8-6-10)17(15,16)13-11-3-2-4-11/h5-9,11,13-14H,2-4H2,1H3. The van der Waals surface area contributed by atoms with Gasteiger partial charge in [-0.2, -0.15) is 0 Å². The lowest BCUT2D eigenvalue weighted by atomic mass is 9.94. The minimum Gasteiger partial charge on any atom is -0.389 e. The van der Waals surface area contributed by atoms with E-state index in [0.29, 0.717) is 5.56 Å². The Kier molecular flexibility index (Phi) is 3.51. The van der Waals surface area contributed by atoms with E-state index in [4.69, 9.17) is 0 Å². The van der Waals surface area contributed by atoms with Gasteiger partial charge in [-0.1, -0.05) is 18.6 Å². The van der Waals surface area contributed by atoms with Crippen molar-refractivity contribution in [3.05, 3.63) is 29.8 Å². The van der Waals surface area contributed by atoms with Crippen molar-refractivity contribution < 1.29 is 13.5 Å². The van der Waals surface area contributed by atoms with Crippen molar-refractivity contribution in [3.8, 4) is 0 Å². The largest absolute Gasteiger partial charge is 0.389 e. The average Bonchev–Trinajstić information content (AvgIpc) is 2.24. The Morgan fingerprint density at radius 1 is 1.29 bits per heavy atom. The summed E-state index contributed by atoms with van der Waals surface area (Å²) in [6, 6.07) is 6.43. The van der Waals surface area contributed by atoms with Gasteiger partial charge in [-0.15, -0.1) is 0 Å². The van der Waals surface area contributed by atoms with Crippen molar-refractivity contribution >= 4 is 10.0 Å². The van der Waals surface area contributed by atoms with Crippen molar-refractivity contribution in [2.45, 2.75) is 43.2 Å². The molecule has 0 spiro atoms. The van der Waals surface area contributed by atoms with Crippen molar-refractivity contribution in [2.75, 3.05) is 0 Å². The zero-order valence-corrected chi connectivity index (χ0v) is 10.6. The Morgan fingerprint density at radius 2 is 1.88 bits per heavy atom. The number of benzene rings is 1. The molecule has 1 aromatic rings. The molecule has 94 valence electrons. The van der Waals surface area contributed by atoms with E-state index < -0.39 is 16.1 Å². The van der Waals surface area contributed by atoms with Crippen LogP contribution in [0, 0.1) is 0 Å². The zero-order chi connectivity index (χ0) is 12.5. The molecule has 0 aromatic heterocycles. The average molecular weight is 255 g/mol. The van der Waals surface area contributed by atoms with E-state index in [1.54, 1.807) is 19.1 Å². The first-order valence-electron chi connectivity index (χ1n) is 5.79. The van der Waals surface area contributed by atoms with Gasteiger partial charge in [0.1, 0.15) is 0 Å². The van der Waals surface area contributed by atoms with Crippen molar-refractivity contribution in [2.24, 2.45) is 0 Å². The molecule has 2 rings (SSSR count). The van der Waals surface area contributed by atoms with Crippen molar-refractivity contribution in [1.82, 2.24) is 4.72 Å². The summed E-state index contributed by atoms with van der Waals surface area (Å²) in [6.07, 6.45) is 2.36. The SMILES string of the molecule is CC(O)c1ccc(S(=O)(=O)NC2CCC2)cc1. The third-order valence-electron chi connectivity index (χ3n) is 3.10. The molecular formula is C12H17NO3S. The lowest BCUT2D eigenvalue weighted by Gasteiger charge is -2.26. The van der Waals surface area contributed by atoms with Crippen LogP contribution in [0.2, 0.25) is 0 Å². The smallest absolute Gasteiger partial charge is 0.240 e. The van der Waals surface area contributed by atoms with Crippen LogP contribution in [-0.2, 0) is 10.0 Å². The van der Waals surface area contributed by atoms with Gasteiger partial charge in [0.15, 0.2) is 0 Å². The van der Waals surface area contributed by atoms with E-state index in [-0.39, 0.29) is 10.9 Å². The summed E-state index contributed by atoms with van der Waals surface area (Å²) in [7, 11) is -3.39. The van der Waals surface area contributed by atoms with Crippen LogP contribution in [0.1, 0.15) is 37.9 Å². The normalized spacial score (nSPS) is 18.7. The number of sulfonamides is 1. The first-order chi connectivity index (χ1) is 7.99. The van der Waals surface area contributed by atoms with E-state index in [2.05, 4.69) is 4.72 Å². The maximum absolute atomic E-state index is 11.9.